The molecule has 16 heavy (non-hydrogen) atoms. The van der Waals surface area contributed by atoms with Crippen molar-refractivity contribution in [2.75, 3.05) is 0 Å². The van der Waals surface area contributed by atoms with Crippen LogP contribution in [-0.2, 0) is 4.79 Å². The summed E-state index contributed by atoms with van der Waals surface area (Å²) < 4.78 is 0. The Balaban J connectivity index is 2.60. The molecule has 0 heterocycles. The molecule has 0 aliphatic rings. The Labute approximate surface area is 94.0 Å². The second-order valence-electron chi connectivity index (χ2n) is 3.55. The van der Waals surface area contributed by atoms with Crippen molar-refractivity contribution in [3.63, 3.8) is 0 Å². The van der Waals surface area contributed by atoms with E-state index in [1.807, 2.05) is 19.1 Å². The minimum Gasteiger partial charge on any atom is -0.320 e. The lowest BCUT2D eigenvalue weighted by atomic mass is 10.1. The molecule has 4 N–H and O–H groups in total. The van der Waals surface area contributed by atoms with Crippen molar-refractivity contribution in [2.45, 2.75) is 19.9 Å². The zero-order valence-corrected chi connectivity index (χ0v) is 9.28. The van der Waals surface area contributed by atoms with E-state index in [1.165, 1.54) is 6.92 Å². The van der Waals surface area contributed by atoms with Crippen molar-refractivity contribution < 1.29 is 9.59 Å². The van der Waals surface area contributed by atoms with Gasteiger partial charge in [0.2, 0.25) is 0 Å². The second-order valence-corrected chi connectivity index (χ2v) is 3.55. The fraction of sp³-hybridized carbons (Fsp3) is 0.273. The molecule has 1 aromatic rings. The quantitative estimate of drug-likeness (QED) is 0.619. The number of hydrogen-bond acceptors (Lipinski definition) is 3. The van der Waals surface area contributed by atoms with Gasteiger partial charge in [-0.3, -0.25) is 20.4 Å². The van der Waals surface area contributed by atoms with Crippen LogP contribution in [0.25, 0.3) is 0 Å². The first-order valence-electron chi connectivity index (χ1n) is 4.93. The number of rotatable bonds is 2. The molecule has 1 rings (SSSR count). The number of benzene rings is 1. The Bertz CT molecular complexity index is 402. The summed E-state index contributed by atoms with van der Waals surface area (Å²) in [5, 5.41) is 0. The van der Waals surface area contributed by atoms with Gasteiger partial charge in [0.15, 0.2) is 0 Å². The van der Waals surface area contributed by atoms with E-state index in [4.69, 9.17) is 5.73 Å². The third kappa shape index (κ3) is 3.06. The molecule has 2 amide bonds. The van der Waals surface area contributed by atoms with Gasteiger partial charge in [-0.05, 0) is 25.5 Å². The van der Waals surface area contributed by atoms with Crippen LogP contribution >= 0.6 is 0 Å². The van der Waals surface area contributed by atoms with Crippen LogP contribution < -0.4 is 16.6 Å². The van der Waals surface area contributed by atoms with Gasteiger partial charge in [0.05, 0.1) is 6.04 Å². The Hall–Kier alpha value is -1.88. The number of hydrogen-bond donors (Lipinski definition) is 3. The largest absolute Gasteiger partial charge is 0.320 e. The molecule has 0 radical (unpaired) electrons. The summed E-state index contributed by atoms with van der Waals surface area (Å²) in [6.45, 7) is 3.36. The van der Waals surface area contributed by atoms with Gasteiger partial charge in [-0.15, -0.1) is 0 Å². The predicted octanol–water partition coefficient (Wildman–Crippen LogP) is 0.103. The molecule has 5 heteroatoms. The van der Waals surface area contributed by atoms with Gasteiger partial charge in [-0.1, -0.05) is 18.2 Å². The summed E-state index contributed by atoms with van der Waals surface area (Å²) in [5.41, 5.74) is 11.2. The van der Waals surface area contributed by atoms with Gasteiger partial charge >= 0.3 is 0 Å². The van der Waals surface area contributed by atoms with E-state index in [0.717, 1.165) is 5.56 Å². The van der Waals surface area contributed by atoms with E-state index in [0.29, 0.717) is 5.56 Å². The number of amides is 2. The molecule has 0 aliphatic heterocycles. The molecule has 86 valence electrons. The molecule has 5 nitrogen and oxygen atoms in total. The average molecular weight is 221 g/mol. The van der Waals surface area contributed by atoms with Crippen molar-refractivity contribution in [3.8, 4) is 0 Å². The van der Waals surface area contributed by atoms with Crippen molar-refractivity contribution in [2.24, 2.45) is 5.73 Å². The maximum Gasteiger partial charge on any atom is 0.269 e. The summed E-state index contributed by atoms with van der Waals surface area (Å²) >= 11 is 0. The summed E-state index contributed by atoms with van der Waals surface area (Å²) in [6, 6.07) is 6.45. The molecule has 0 bridgehead atoms. The SMILES string of the molecule is Cc1ccccc1C(=O)NNC(=O)C(C)N. The van der Waals surface area contributed by atoms with Crippen LogP contribution in [0.4, 0.5) is 0 Å². The molecule has 0 fully saturated rings. The number of nitrogens with one attached hydrogen (secondary N) is 2. The average Bonchev–Trinajstić information content (AvgIpc) is 2.25. The zero-order valence-electron chi connectivity index (χ0n) is 9.28. The van der Waals surface area contributed by atoms with E-state index in [1.54, 1.807) is 12.1 Å². The Morgan fingerprint density at radius 1 is 1.25 bits per heavy atom. The Kier molecular flexibility index (Phi) is 4.02. The van der Waals surface area contributed by atoms with Crippen molar-refractivity contribution in [1.82, 2.24) is 10.9 Å². The van der Waals surface area contributed by atoms with Crippen LogP contribution in [0.15, 0.2) is 24.3 Å². The topological polar surface area (TPSA) is 84.2 Å². The Morgan fingerprint density at radius 2 is 1.88 bits per heavy atom. The number of carbonyl (C=O) groups excluding carboxylic acids is 2. The highest BCUT2D eigenvalue weighted by atomic mass is 16.2. The molecule has 0 aromatic heterocycles. The lowest BCUT2D eigenvalue weighted by Gasteiger charge is -2.10. The van der Waals surface area contributed by atoms with E-state index >= 15 is 0 Å². The third-order valence-electron chi connectivity index (χ3n) is 2.10. The fourth-order valence-electron chi connectivity index (χ4n) is 1.13. The summed E-state index contributed by atoms with van der Waals surface area (Å²) in [4.78, 5) is 22.7. The molecule has 1 aromatic carbocycles. The number of nitrogens with two attached hydrogens (primary N) is 1. The lowest BCUT2D eigenvalue weighted by Crippen LogP contribution is -2.48. The maximum atomic E-state index is 11.6. The van der Waals surface area contributed by atoms with Gasteiger partial charge in [0.1, 0.15) is 0 Å². The minimum absolute atomic E-state index is 0.355. The summed E-state index contributed by atoms with van der Waals surface area (Å²) in [6.07, 6.45) is 0. The molecule has 1 atom stereocenters. The number of aryl methyl sites for hydroxylation is 1. The van der Waals surface area contributed by atoms with Crippen molar-refractivity contribution in [3.05, 3.63) is 35.4 Å². The standard InChI is InChI=1S/C11H15N3O2/c1-7-5-3-4-6-9(7)11(16)14-13-10(15)8(2)12/h3-6,8H,12H2,1-2H3,(H,13,15)(H,14,16). The number of carbonyl (C=O) groups is 2. The molecular formula is C11H15N3O2. The predicted molar refractivity (Wildman–Crippen MR) is 60.4 cm³/mol. The molecule has 1 unspecified atom stereocenters. The normalized spacial score (nSPS) is 11.7. The Morgan fingerprint density at radius 3 is 2.44 bits per heavy atom. The minimum atomic E-state index is -0.655. The van der Waals surface area contributed by atoms with Gasteiger partial charge in [-0.25, -0.2) is 0 Å². The maximum absolute atomic E-state index is 11.6. The molecule has 0 spiro atoms. The lowest BCUT2D eigenvalue weighted by molar-refractivity contribution is -0.122. The highest BCUT2D eigenvalue weighted by Gasteiger charge is 2.11. The first kappa shape index (κ1) is 12.2. The van der Waals surface area contributed by atoms with E-state index < -0.39 is 11.9 Å². The van der Waals surface area contributed by atoms with Crippen LogP contribution in [0.1, 0.15) is 22.8 Å². The van der Waals surface area contributed by atoms with Gasteiger partial charge < -0.3 is 5.73 Å². The zero-order chi connectivity index (χ0) is 12.1. The second kappa shape index (κ2) is 5.27. The monoisotopic (exact) mass is 221 g/mol. The molecular weight excluding hydrogens is 206 g/mol. The smallest absolute Gasteiger partial charge is 0.269 e. The van der Waals surface area contributed by atoms with Gasteiger partial charge in [0, 0.05) is 5.56 Å². The highest BCUT2D eigenvalue weighted by molar-refractivity contribution is 5.96. The highest BCUT2D eigenvalue weighted by Crippen LogP contribution is 2.05. The summed E-state index contributed by atoms with van der Waals surface area (Å²) in [5.74, 6) is -0.783. The molecule has 0 aliphatic carbocycles. The van der Waals surface area contributed by atoms with E-state index in [-0.39, 0.29) is 5.91 Å². The van der Waals surface area contributed by atoms with Crippen molar-refractivity contribution in [1.29, 1.82) is 0 Å². The van der Waals surface area contributed by atoms with Crippen LogP contribution in [0.3, 0.4) is 0 Å². The van der Waals surface area contributed by atoms with Crippen LogP contribution in [0, 0.1) is 6.92 Å². The van der Waals surface area contributed by atoms with E-state index in [9.17, 15) is 9.59 Å². The van der Waals surface area contributed by atoms with E-state index in [2.05, 4.69) is 10.9 Å². The summed E-state index contributed by atoms with van der Waals surface area (Å²) in [7, 11) is 0. The van der Waals surface area contributed by atoms with Crippen LogP contribution in [0.2, 0.25) is 0 Å². The molecule has 0 saturated heterocycles. The molecule has 0 saturated carbocycles. The van der Waals surface area contributed by atoms with Crippen LogP contribution in [-0.4, -0.2) is 17.9 Å². The number of hydrazine groups is 1. The fourth-order valence-corrected chi connectivity index (χ4v) is 1.13. The van der Waals surface area contributed by atoms with Crippen LogP contribution in [0.5, 0.6) is 0 Å². The van der Waals surface area contributed by atoms with Crippen molar-refractivity contribution >= 4 is 11.8 Å². The first-order chi connectivity index (χ1) is 7.52. The first-order valence-corrected chi connectivity index (χ1v) is 4.93. The van der Waals surface area contributed by atoms with Gasteiger partial charge in [0.25, 0.3) is 11.8 Å². The third-order valence-corrected chi connectivity index (χ3v) is 2.10. The van der Waals surface area contributed by atoms with Gasteiger partial charge in [-0.2, -0.15) is 0 Å².